The summed E-state index contributed by atoms with van der Waals surface area (Å²) in [5.41, 5.74) is -0.373. The Labute approximate surface area is 151 Å². The molecule has 2 aromatic rings. The molecule has 0 N–H and O–H groups in total. The van der Waals surface area contributed by atoms with E-state index in [2.05, 4.69) is 0 Å². The maximum absolute atomic E-state index is 12.8. The van der Waals surface area contributed by atoms with Crippen molar-refractivity contribution >= 4 is 22.7 Å². The molecule has 5 heteroatoms. The van der Waals surface area contributed by atoms with Crippen LogP contribution in [0.1, 0.15) is 42.5 Å². The number of benzene rings is 2. The maximum Gasteiger partial charge on any atom is 0.379 e. The summed E-state index contributed by atoms with van der Waals surface area (Å²) in [5.74, 6) is -0.989. The number of fused-ring (bicyclic) bond motifs is 1. The largest absolute Gasteiger partial charge is 0.493 e. The fraction of sp³-hybridized carbons (Fsp3) is 0.333. The zero-order chi connectivity index (χ0) is 18.1. The third-order valence-electron chi connectivity index (χ3n) is 5.16. The van der Waals surface area contributed by atoms with Crippen molar-refractivity contribution in [2.24, 2.45) is 0 Å². The second-order valence-corrected chi connectivity index (χ2v) is 6.72. The molecule has 0 atom stereocenters. The molecule has 0 saturated heterocycles. The second kappa shape index (κ2) is 6.48. The minimum absolute atomic E-state index is 0.118. The lowest BCUT2D eigenvalue weighted by atomic mass is 9.83. The Kier molecular flexibility index (Phi) is 4.15. The van der Waals surface area contributed by atoms with Gasteiger partial charge in [-0.3, -0.25) is 0 Å². The van der Waals surface area contributed by atoms with Crippen LogP contribution in [0.5, 0.6) is 0 Å². The highest BCUT2D eigenvalue weighted by atomic mass is 16.6. The average molecular weight is 352 g/mol. The molecule has 0 amide bonds. The standard InChI is InChI=1S/C21H20O5/c1-24-18-17(20(23)26-21(18)12-5-2-6-13-21)25-19(22)16-11-7-9-14-8-3-4-10-15(14)16/h3-4,7-11H,2,5-6,12-13H2,1H3. The van der Waals surface area contributed by atoms with Crippen LogP contribution in [0, 0.1) is 0 Å². The summed E-state index contributed by atoms with van der Waals surface area (Å²) in [7, 11) is 1.49. The third kappa shape index (κ3) is 2.64. The molecule has 134 valence electrons. The van der Waals surface area contributed by atoms with Crippen LogP contribution in [0.2, 0.25) is 0 Å². The van der Waals surface area contributed by atoms with Gasteiger partial charge < -0.3 is 14.2 Å². The van der Waals surface area contributed by atoms with E-state index in [1.54, 1.807) is 12.1 Å². The molecule has 1 aliphatic heterocycles. The van der Waals surface area contributed by atoms with E-state index < -0.39 is 17.5 Å². The molecule has 2 aliphatic rings. The van der Waals surface area contributed by atoms with E-state index >= 15 is 0 Å². The van der Waals surface area contributed by atoms with Gasteiger partial charge in [0.05, 0.1) is 12.7 Å². The number of esters is 2. The van der Waals surface area contributed by atoms with Crippen molar-refractivity contribution < 1.29 is 23.8 Å². The van der Waals surface area contributed by atoms with Crippen molar-refractivity contribution in [3.63, 3.8) is 0 Å². The summed E-state index contributed by atoms with van der Waals surface area (Å²) < 4.78 is 16.6. The van der Waals surface area contributed by atoms with Crippen molar-refractivity contribution in [3.8, 4) is 0 Å². The van der Waals surface area contributed by atoms with Gasteiger partial charge in [0, 0.05) is 0 Å². The average Bonchev–Trinajstić information content (AvgIpc) is 2.91. The molecule has 1 saturated carbocycles. The number of rotatable bonds is 3. The fourth-order valence-electron chi connectivity index (χ4n) is 3.94. The smallest absolute Gasteiger partial charge is 0.379 e. The van der Waals surface area contributed by atoms with Crippen molar-refractivity contribution in [1.29, 1.82) is 0 Å². The van der Waals surface area contributed by atoms with Crippen LogP contribution in [-0.2, 0) is 19.0 Å². The van der Waals surface area contributed by atoms with Gasteiger partial charge in [0.2, 0.25) is 0 Å². The second-order valence-electron chi connectivity index (χ2n) is 6.72. The number of ether oxygens (including phenoxy) is 3. The summed E-state index contributed by atoms with van der Waals surface area (Å²) >= 11 is 0. The minimum Gasteiger partial charge on any atom is -0.493 e. The number of carbonyl (C=O) groups excluding carboxylic acids is 2. The van der Waals surface area contributed by atoms with Crippen molar-refractivity contribution in [1.82, 2.24) is 0 Å². The Balaban J connectivity index is 1.69. The van der Waals surface area contributed by atoms with E-state index in [0.29, 0.717) is 24.2 Å². The summed E-state index contributed by atoms with van der Waals surface area (Å²) in [4.78, 5) is 25.2. The summed E-state index contributed by atoms with van der Waals surface area (Å²) in [6.07, 6.45) is 4.38. The molecule has 5 nitrogen and oxygen atoms in total. The van der Waals surface area contributed by atoms with E-state index in [4.69, 9.17) is 14.2 Å². The zero-order valence-electron chi connectivity index (χ0n) is 14.6. The SMILES string of the molecule is COC1=C(OC(=O)c2cccc3ccccc23)C(=O)OC12CCCCC2. The first-order valence-electron chi connectivity index (χ1n) is 8.87. The highest BCUT2D eigenvalue weighted by molar-refractivity contribution is 6.06. The molecule has 0 radical (unpaired) electrons. The molecule has 0 bridgehead atoms. The molecular weight excluding hydrogens is 332 g/mol. The summed E-state index contributed by atoms with van der Waals surface area (Å²) in [6.45, 7) is 0. The number of carbonyl (C=O) groups is 2. The van der Waals surface area contributed by atoms with Crippen molar-refractivity contribution in [2.75, 3.05) is 7.11 Å². The van der Waals surface area contributed by atoms with Gasteiger partial charge in [-0.25, -0.2) is 9.59 Å². The van der Waals surface area contributed by atoms with Crippen molar-refractivity contribution in [2.45, 2.75) is 37.7 Å². The molecule has 0 aromatic heterocycles. The summed E-state index contributed by atoms with van der Waals surface area (Å²) in [6, 6.07) is 12.9. The maximum atomic E-state index is 12.8. The molecule has 4 rings (SSSR count). The van der Waals surface area contributed by atoms with Gasteiger partial charge in [-0.05, 0) is 42.5 Å². The highest BCUT2D eigenvalue weighted by Crippen LogP contribution is 2.44. The van der Waals surface area contributed by atoms with E-state index in [9.17, 15) is 9.59 Å². The minimum atomic E-state index is -0.779. The van der Waals surface area contributed by atoms with Crippen LogP contribution in [-0.4, -0.2) is 24.6 Å². The monoisotopic (exact) mass is 352 g/mol. The number of hydrogen-bond acceptors (Lipinski definition) is 5. The van der Waals surface area contributed by atoms with E-state index in [1.165, 1.54) is 7.11 Å². The lowest BCUT2D eigenvalue weighted by Gasteiger charge is -2.32. The summed E-state index contributed by atoms with van der Waals surface area (Å²) in [5, 5.41) is 1.71. The van der Waals surface area contributed by atoms with Crippen LogP contribution in [0.25, 0.3) is 10.8 Å². The van der Waals surface area contributed by atoms with Crippen LogP contribution in [0.3, 0.4) is 0 Å². The molecule has 2 aromatic carbocycles. The fourth-order valence-corrected chi connectivity index (χ4v) is 3.94. The molecule has 1 aliphatic carbocycles. The Morgan fingerprint density at radius 2 is 1.77 bits per heavy atom. The quantitative estimate of drug-likeness (QED) is 0.778. The van der Waals surface area contributed by atoms with E-state index in [0.717, 1.165) is 30.0 Å². The number of methoxy groups -OCH3 is 1. The molecule has 26 heavy (non-hydrogen) atoms. The van der Waals surface area contributed by atoms with Gasteiger partial charge in [-0.15, -0.1) is 0 Å². The first kappa shape index (κ1) is 16.6. The van der Waals surface area contributed by atoms with Gasteiger partial charge in [-0.2, -0.15) is 0 Å². The molecule has 1 heterocycles. The first-order chi connectivity index (χ1) is 12.6. The van der Waals surface area contributed by atoms with E-state index in [-0.39, 0.29) is 5.76 Å². The third-order valence-corrected chi connectivity index (χ3v) is 5.16. The van der Waals surface area contributed by atoms with Crippen LogP contribution in [0.4, 0.5) is 0 Å². The van der Waals surface area contributed by atoms with Gasteiger partial charge in [0.15, 0.2) is 11.4 Å². The zero-order valence-corrected chi connectivity index (χ0v) is 14.6. The Morgan fingerprint density at radius 3 is 2.54 bits per heavy atom. The van der Waals surface area contributed by atoms with Gasteiger partial charge in [-0.1, -0.05) is 42.8 Å². The normalized spacial score (nSPS) is 18.9. The van der Waals surface area contributed by atoms with Crippen LogP contribution in [0.15, 0.2) is 54.0 Å². The molecule has 1 fully saturated rings. The van der Waals surface area contributed by atoms with Gasteiger partial charge in [0.1, 0.15) is 0 Å². The molecule has 1 spiro atoms. The predicted molar refractivity (Wildman–Crippen MR) is 95.3 cm³/mol. The Morgan fingerprint density at radius 1 is 1.04 bits per heavy atom. The van der Waals surface area contributed by atoms with Crippen LogP contribution >= 0.6 is 0 Å². The Hall–Kier alpha value is -2.82. The predicted octanol–water partition coefficient (Wildman–Crippen LogP) is 4.11. The highest BCUT2D eigenvalue weighted by Gasteiger charge is 2.51. The Bertz CT molecular complexity index is 900. The van der Waals surface area contributed by atoms with Gasteiger partial charge in [0.25, 0.3) is 5.76 Å². The van der Waals surface area contributed by atoms with Gasteiger partial charge >= 0.3 is 11.9 Å². The first-order valence-corrected chi connectivity index (χ1v) is 8.87. The topological polar surface area (TPSA) is 61.8 Å². The van der Waals surface area contributed by atoms with Crippen LogP contribution < -0.4 is 0 Å². The van der Waals surface area contributed by atoms with Crippen molar-refractivity contribution in [3.05, 3.63) is 59.5 Å². The molecule has 0 unspecified atom stereocenters. The van der Waals surface area contributed by atoms with E-state index in [1.807, 2.05) is 30.3 Å². The molecular formula is C21H20O5. The lowest BCUT2D eigenvalue weighted by Crippen LogP contribution is -2.35. The number of hydrogen-bond donors (Lipinski definition) is 0. The lowest BCUT2D eigenvalue weighted by molar-refractivity contribution is -0.153.